The number of rotatable bonds is 6. The fourth-order valence-corrected chi connectivity index (χ4v) is 2.33. The van der Waals surface area contributed by atoms with Crippen LogP contribution >= 0.6 is 0 Å². The third-order valence-electron chi connectivity index (χ3n) is 3.43. The highest BCUT2D eigenvalue weighted by Crippen LogP contribution is 2.25. The SMILES string of the molecule is COc1ccccc1OCCOC1CCCNC1C. The van der Waals surface area contributed by atoms with E-state index in [0.717, 1.165) is 24.5 Å². The van der Waals surface area contributed by atoms with Crippen molar-refractivity contribution in [1.29, 1.82) is 0 Å². The Balaban J connectivity index is 1.71. The molecule has 4 heteroatoms. The molecule has 2 atom stereocenters. The molecule has 1 fully saturated rings. The number of hydrogen-bond acceptors (Lipinski definition) is 4. The van der Waals surface area contributed by atoms with Gasteiger partial charge in [-0.1, -0.05) is 12.1 Å². The van der Waals surface area contributed by atoms with Crippen LogP contribution in [0.25, 0.3) is 0 Å². The van der Waals surface area contributed by atoms with Gasteiger partial charge in [-0.3, -0.25) is 0 Å². The van der Waals surface area contributed by atoms with Crippen LogP contribution in [0.2, 0.25) is 0 Å². The summed E-state index contributed by atoms with van der Waals surface area (Å²) in [4.78, 5) is 0. The van der Waals surface area contributed by atoms with E-state index in [2.05, 4.69) is 12.2 Å². The molecule has 1 heterocycles. The average Bonchev–Trinajstić information content (AvgIpc) is 2.45. The Hall–Kier alpha value is -1.26. The summed E-state index contributed by atoms with van der Waals surface area (Å²) in [6.07, 6.45) is 2.61. The lowest BCUT2D eigenvalue weighted by Gasteiger charge is -2.29. The van der Waals surface area contributed by atoms with Crippen molar-refractivity contribution in [2.75, 3.05) is 26.9 Å². The highest BCUT2D eigenvalue weighted by atomic mass is 16.5. The van der Waals surface area contributed by atoms with Gasteiger partial charge in [-0.2, -0.15) is 0 Å². The molecule has 4 nitrogen and oxygen atoms in total. The Morgan fingerprint density at radius 3 is 2.74 bits per heavy atom. The Morgan fingerprint density at radius 2 is 2.00 bits per heavy atom. The van der Waals surface area contributed by atoms with E-state index in [9.17, 15) is 0 Å². The minimum atomic E-state index is 0.301. The van der Waals surface area contributed by atoms with E-state index in [1.165, 1.54) is 6.42 Å². The number of nitrogens with one attached hydrogen (secondary N) is 1. The lowest BCUT2D eigenvalue weighted by Crippen LogP contribution is -2.44. The lowest BCUT2D eigenvalue weighted by atomic mass is 10.0. The van der Waals surface area contributed by atoms with Gasteiger partial charge in [0.1, 0.15) is 6.61 Å². The van der Waals surface area contributed by atoms with Crippen molar-refractivity contribution in [3.8, 4) is 11.5 Å². The minimum absolute atomic E-state index is 0.301. The minimum Gasteiger partial charge on any atom is -0.493 e. The summed E-state index contributed by atoms with van der Waals surface area (Å²) < 4.78 is 16.8. The molecule has 1 saturated heterocycles. The highest BCUT2D eigenvalue weighted by molar-refractivity contribution is 5.39. The van der Waals surface area contributed by atoms with Gasteiger partial charge in [0.2, 0.25) is 0 Å². The average molecular weight is 265 g/mol. The standard InChI is InChI=1S/C15H23NO3/c1-12-13(8-5-9-16-12)18-10-11-19-15-7-4-3-6-14(15)17-2/h3-4,6-7,12-13,16H,5,8-11H2,1-2H3. The summed E-state index contributed by atoms with van der Waals surface area (Å²) in [5.74, 6) is 1.53. The van der Waals surface area contributed by atoms with Crippen molar-refractivity contribution < 1.29 is 14.2 Å². The van der Waals surface area contributed by atoms with Gasteiger partial charge < -0.3 is 19.5 Å². The Bertz CT molecular complexity index is 383. The molecule has 1 aromatic rings. The first kappa shape index (κ1) is 14.2. The zero-order valence-electron chi connectivity index (χ0n) is 11.7. The Kier molecular flexibility index (Phi) is 5.48. The smallest absolute Gasteiger partial charge is 0.161 e. The van der Waals surface area contributed by atoms with Crippen LogP contribution < -0.4 is 14.8 Å². The van der Waals surface area contributed by atoms with E-state index in [-0.39, 0.29) is 0 Å². The van der Waals surface area contributed by atoms with E-state index < -0.39 is 0 Å². The van der Waals surface area contributed by atoms with Crippen LogP contribution in [0.5, 0.6) is 11.5 Å². The summed E-state index contributed by atoms with van der Waals surface area (Å²) in [5.41, 5.74) is 0. The number of hydrogen-bond donors (Lipinski definition) is 1. The molecule has 0 bridgehead atoms. The van der Waals surface area contributed by atoms with Crippen LogP contribution in [0.1, 0.15) is 19.8 Å². The van der Waals surface area contributed by atoms with Crippen molar-refractivity contribution >= 4 is 0 Å². The van der Waals surface area contributed by atoms with Crippen LogP contribution in [0.3, 0.4) is 0 Å². The molecular formula is C15H23NO3. The van der Waals surface area contributed by atoms with E-state index >= 15 is 0 Å². The van der Waals surface area contributed by atoms with Gasteiger partial charge in [0.25, 0.3) is 0 Å². The summed E-state index contributed by atoms with van der Waals surface area (Å²) in [5, 5.41) is 3.42. The second kappa shape index (κ2) is 7.36. The van der Waals surface area contributed by atoms with Crippen LogP contribution in [0.4, 0.5) is 0 Å². The predicted octanol–water partition coefficient (Wildman–Crippen LogP) is 2.23. The monoisotopic (exact) mass is 265 g/mol. The molecule has 1 aliphatic rings. The second-order valence-electron chi connectivity index (χ2n) is 4.79. The fraction of sp³-hybridized carbons (Fsp3) is 0.600. The molecule has 2 rings (SSSR count). The summed E-state index contributed by atoms with van der Waals surface area (Å²) in [7, 11) is 1.65. The van der Waals surface area contributed by atoms with Gasteiger partial charge in [-0.05, 0) is 38.4 Å². The van der Waals surface area contributed by atoms with Gasteiger partial charge in [0, 0.05) is 6.04 Å². The molecule has 0 saturated carbocycles. The molecule has 1 aliphatic heterocycles. The van der Waals surface area contributed by atoms with Crippen molar-refractivity contribution in [3.63, 3.8) is 0 Å². The van der Waals surface area contributed by atoms with Crippen molar-refractivity contribution in [1.82, 2.24) is 5.32 Å². The summed E-state index contributed by atoms with van der Waals surface area (Å²) in [6, 6.07) is 8.09. The van der Waals surface area contributed by atoms with Crippen molar-refractivity contribution in [3.05, 3.63) is 24.3 Å². The number of ether oxygens (including phenoxy) is 3. The summed E-state index contributed by atoms with van der Waals surface area (Å²) in [6.45, 7) is 4.42. The molecule has 0 spiro atoms. The normalized spacial score (nSPS) is 23.1. The van der Waals surface area contributed by atoms with Crippen LogP contribution in [0.15, 0.2) is 24.3 Å². The zero-order valence-corrected chi connectivity index (χ0v) is 11.7. The molecule has 2 unspecified atom stereocenters. The van der Waals surface area contributed by atoms with Crippen LogP contribution in [-0.4, -0.2) is 39.0 Å². The van der Waals surface area contributed by atoms with E-state index in [1.54, 1.807) is 7.11 Å². The molecule has 106 valence electrons. The van der Waals surface area contributed by atoms with E-state index in [0.29, 0.717) is 25.4 Å². The maximum absolute atomic E-state index is 5.86. The molecular weight excluding hydrogens is 242 g/mol. The molecule has 19 heavy (non-hydrogen) atoms. The zero-order chi connectivity index (χ0) is 13.5. The topological polar surface area (TPSA) is 39.7 Å². The number of benzene rings is 1. The maximum atomic E-state index is 5.86. The van der Waals surface area contributed by atoms with Gasteiger partial charge in [0.05, 0.1) is 19.8 Å². The number of methoxy groups -OCH3 is 1. The van der Waals surface area contributed by atoms with Gasteiger partial charge in [0.15, 0.2) is 11.5 Å². The van der Waals surface area contributed by atoms with E-state index in [4.69, 9.17) is 14.2 Å². The largest absolute Gasteiger partial charge is 0.493 e. The lowest BCUT2D eigenvalue weighted by molar-refractivity contribution is -0.00103. The van der Waals surface area contributed by atoms with Crippen molar-refractivity contribution in [2.45, 2.75) is 31.9 Å². The molecule has 0 aromatic heterocycles. The highest BCUT2D eigenvalue weighted by Gasteiger charge is 2.20. The Morgan fingerprint density at radius 1 is 1.21 bits per heavy atom. The Labute approximate surface area is 115 Å². The maximum Gasteiger partial charge on any atom is 0.161 e. The third kappa shape index (κ3) is 4.11. The molecule has 0 amide bonds. The quantitative estimate of drug-likeness (QED) is 0.801. The first-order valence-electron chi connectivity index (χ1n) is 6.92. The number of para-hydroxylation sites is 2. The fourth-order valence-electron chi connectivity index (χ4n) is 2.33. The number of piperidine rings is 1. The molecule has 1 N–H and O–H groups in total. The molecule has 0 aliphatic carbocycles. The van der Waals surface area contributed by atoms with Crippen LogP contribution in [0, 0.1) is 0 Å². The predicted molar refractivity (Wildman–Crippen MR) is 74.9 cm³/mol. The van der Waals surface area contributed by atoms with Crippen molar-refractivity contribution in [2.24, 2.45) is 0 Å². The molecule has 0 radical (unpaired) electrons. The first-order chi connectivity index (χ1) is 9.31. The third-order valence-corrected chi connectivity index (χ3v) is 3.43. The van der Waals surface area contributed by atoms with Gasteiger partial charge in [-0.25, -0.2) is 0 Å². The summed E-state index contributed by atoms with van der Waals surface area (Å²) >= 11 is 0. The van der Waals surface area contributed by atoms with E-state index in [1.807, 2.05) is 24.3 Å². The molecule has 1 aromatic carbocycles. The van der Waals surface area contributed by atoms with Crippen LogP contribution in [-0.2, 0) is 4.74 Å². The van der Waals surface area contributed by atoms with Gasteiger partial charge >= 0.3 is 0 Å². The van der Waals surface area contributed by atoms with Gasteiger partial charge in [-0.15, -0.1) is 0 Å². The second-order valence-corrected chi connectivity index (χ2v) is 4.79. The first-order valence-corrected chi connectivity index (χ1v) is 6.92.